The maximum Gasteiger partial charge on any atom is 0.406 e. The average Bonchev–Trinajstić information content (AvgIpc) is 2.37. The zero-order valence-corrected chi connectivity index (χ0v) is 13.8. The highest BCUT2D eigenvalue weighted by Crippen LogP contribution is 2.24. The maximum atomic E-state index is 13.1. The summed E-state index contributed by atoms with van der Waals surface area (Å²) >= 11 is 1.75. The summed E-state index contributed by atoms with van der Waals surface area (Å²) in [6, 6.07) is 2.94. The van der Waals surface area contributed by atoms with Crippen LogP contribution in [-0.2, 0) is 0 Å². The van der Waals surface area contributed by atoms with Gasteiger partial charge in [0, 0.05) is 9.61 Å². The highest BCUT2D eigenvalue weighted by atomic mass is 127. The van der Waals surface area contributed by atoms with Crippen LogP contribution in [0.5, 0.6) is 0 Å². The molecule has 1 rings (SSSR count). The highest BCUT2D eigenvalue weighted by Gasteiger charge is 2.36. The molecule has 0 radical (unpaired) electrons. The van der Waals surface area contributed by atoms with Crippen LogP contribution in [0.25, 0.3) is 0 Å². The topological polar surface area (TPSA) is 20.3 Å². The van der Waals surface area contributed by atoms with Crippen LogP contribution in [0.3, 0.4) is 0 Å². The van der Waals surface area contributed by atoms with Gasteiger partial charge < -0.3 is 4.90 Å². The second kappa shape index (κ2) is 7.42. The molecule has 7 heteroatoms. The lowest BCUT2D eigenvalue weighted by molar-refractivity contribution is -0.144. The van der Waals surface area contributed by atoms with E-state index in [1.54, 1.807) is 36.4 Å². The van der Waals surface area contributed by atoms with Crippen molar-refractivity contribution in [2.75, 3.05) is 6.54 Å². The van der Waals surface area contributed by atoms with E-state index in [1.165, 1.54) is 6.07 Å². The molecule has 1 amide bonds. The van der Waals surface area contributed by atoms with Gasteiger partial charge in [0.25, 0.3) is 5.91 Å². The molecule has 21 heavy (non-hydrogen) atoms. The highest BCUT2D eigenvalue weighted by molar-refractivity contribution is 14.1. The predicted octanol–water partition coefficient (Wildman–Crippen LogP) is 4.62. The van der Waals surface area contributed by atoms with Crippen molar-refractivity contribution in [3.63, 3.8) is 0 Å². The Balaban J connectivity index is 3.15. The Morgan fingerprint density at radius 1 is 1.29 bits per heavy atom. The van der Waals surface area contributed by atoms with E-state index in [2.05, 4.69) is 0 Å². The van der Waals surface area contributed by atoms with Gasteiger partial charge in [-0.3, -0.25) is 4.79 Å². The van der Waals surface area contributed by atoms with Crippen LogP contribution in [0.15, 0.2) is 18.2 Å². The van der Waals surface area contributed by atoms with E-state index < -0.39 is 30.5 Å². The zero-order valence-electron chi connectivity index (χ0n) is 11.7. The molecule has 0 aliphatic heterocycles. The van der Waals surface area contributed by atoms with Gasteiger partial charge in [-0.15, -0.1) is 0 Å². The molecule has 0 saturated carbocycles. The Hall–Kier alpha value is -0.860. The Bertz CT molecular complexity index is 500. The van der Waals surface area contributed by atoms with Crippen molar-refractivity contribution in [1.29, 1.82) is 0 Å². The molecule has 0 N–H and O–H groups in total. The van der Waals surface area contributed by atoms with Gasteiger partial charge in [0.15, 0.2) is 0 Å². The van der Waals surface area contributed by atoms with Crippen molar-refractivity contribution >= 4 is 28.5 Å². The van der Waals surface area contributed by atoms with Crippen LogP contribution in [0.1, 0.15) is 37.0 Å². The second-order valence-electron chi connectivity index (χ2n) is 4.64. The number of rotatable bonds is 5. The molecule has 0 spiro atoms. The van der Waals surface area contributed by atoms with Gasteiger partial charge in [0.05, 0.1) is 5.56 Å². The van der Waals surface area contributed by atoms with Gasteiger partial charge in [0.1, 0.15) is 12.4 Å². The molecule has 0 unspecified atom stereocenters. The van der Waals surface area contributed by atoms with E-state index in [0.29, 0.717) is 16.4 Å². The first kappa shape index (κ1) is 18.2. The molecular formula is C14H16F4INO. The summed E-state index contributed by atoms with van der Waals surface area (Å²) in [5, 5.41) is 0. The fourth-order valence-electron chi connectivity index (χ4n) is 2.11. The number of hydrogen-bond acceptors (Lipinski definition) is 1. The predicted molar refractivity (Wildman–Crippen MR) is 80.6 cm³/mol. The molecule has 0 heterocycles. The zero-order chi connectivity index (χ0) is 16.2. The summed E-state index contributed by atoms with van der Waals surface area (Å²) in [6.45, 7) is 2.17. The van der Waals surface area contributed by atoms with Crippen molar-refractivity contribution in [2.45, 2.75) is 38.9 Å². The SMILES string of the molecule is CCC(CC)N(CC(F)(F)F)C(=O)c1ccc(F)cc1I. The quantitative estimate of drug-likeness (QED) is 0.506. The first-order valence-corrected chi connectivity index (χ1v) is 7.60. The minimum absolute atomic E-state index is 0.0909. The van der Waals surface area contributed by atoms with Gasteiger partial charge in [-0.1, -0.05) is 13.8 Å². The largest absolute Gasteiger partial charge is 0.406 e. The normalized spacial score (nSPS) is 11.8. The number of carbonyl (C=O) groups is 1. The number of halogens is 5. The standard InChI is InChI=1S/C14H16F4INO/c1-3-10(4-2)20(8-14(16,17)18)13(21)11-6-5-9(15)7-12(11)19/h5-7,10H,3-4,8H2,1-2H3. The number of nitrogens with zero attached hydrogens (tertiary/aromatic N) is 1. The third-order valence-electron chi connectivity index (χ3n) is 3.16. The second-order valence-corrected chi connectivity index (χ2v) is 5.80. The third kappa shape index (κ3) is 5.12. The van der Waals surface area contributed by atoms with Crippen LogP contribution in [0.2, 0.25) is 0 Å². The number of alkyl halides is 3. The Labute approximate surface area is 134 Å². The minimum Gasteiger partial charge on any atom is -0.327 e. The first-order chi connectivity index (χ1) is 9.69. The van der Waals surface area contributed by atoms with Gasteiger partial charge in [-0.25, -0.2) is 4.39 Å². The van der Waals surface area contributed by atoms with Crippen molar-refractivity contribution in [1.82, 2.24) is 4.90 Å². The fourth-order valence-corrected chi connectivity index (χ4v) is 2.81. The molecule has 0 aliphatic carbocycles. The van der Waals surface area contributed by atoms with E-state index >= 15 is 0 Å². The van der Waals surface area contributed by atoms with Crippen LogP contribution in [0.4, 0.5) is 17.6 Å². The van der Waals surface area contributed by atoms with Gasteiger partial charge in [-0.2, -0.15) is 13.2 Å². The molecule has 0 saturated heterocycles. The minimum atomic E-state index is -4.47. The molecule has 0 atom stereocenters. The van der Waals surface area contributed by atoms with Gasteiger partial charge in [-0.05, 0) is 53.6 Å². The van der Waals surface area contributed by atoms with Crippen molar-refractivity contribution in [2.24, 2.45) is 0 Å². The van der Waals surface area contributed by atoms with E-state index in [9.17, 15) is 22.4 Å². The lowest BCUT2D eigenvalue weighted by Crippen LogP contribution is -2.45. The third-order valence-corrected chi connectivity index (χ3v) is 4.05. The number of amides is 1. The van der Waals surface area contributed by atoms with Crippen molar-refractivity contribution in [3.05, 3.63) is 33.1 Å². The maximum absolute atomic E-state index is 13.1. The summed E-state index contributed by atoms with van der Waals surface area (Å²) in [7, 11) is 0. The summed E-state index contributed by atoms with van der Waals surface area (Å²) < 4.78 is 51.5. The first-order valence-electron chi connectivity index (χ1n) is 6.52. The molecule has 0 aliphatic rings. The summed E-state index contributed by atoms with van der Waals surface area (Å²) in [5.74, 6) is -1.24. The van der Waals surface area contributed by atoms with Crippen molar-refractivity contribution < 1.29 is 22.4 Å². The van der Waals surface area contributed by atoms with E-state index in [0.717, 1.165) is 17.0 Å². The molecule has 0 bridgehead atoms. The number of carbonyl (C=O) groups excluding carboxylic acids is 1. The van der Waals surface area contributed by atoms with Gasteiger partial charge in [0.2, 0.25) is 0 Å². The Morgan fingerprint density at radius 2 is 1.86 bits per heavy atom. The summed E-state index contributed by atoms with van der Waals surface area (Å²) in [6.07, 6.45) is -3.62. The molecule has 0 fully saturated rings. The molecule has 118 valence electrons. The summed E-state index contributed by atoms with van der Waals surface area (Å²) in [4.78, 5) is 13.2. The average molecular weight is 417 g/mol. The van der Waals surface area contributed by atoms with Crippen LogP contribution in [0, 0.1) is 9.39 Å². The molecule has 1 aromatic carbocycles. The van der Waals surface area contributed by atoms with Gasteiger partial charge >= 0.3 is 6.18 Å². The fraction of sp³-hybridized carbons (Fsp3) is 0.500. The van der Waals surface area contributed by atoms with E-state index in [1.807, 2.05) is 0 Å². The molecule has 0 aromatic heterocycles. The van der Waals surface area contributed by atoms with E-state index in [-0.39, 0.29) is 5.56 Å². The molecular weight excluding hydrogens is 401 g/mol. The summed E-state index contributed by atoms with van der Waals surface area (Å²) in [5.41, 5.74) is 0.0909. The van der Waals surface area contributed by atoms with Crippen LogP contribution < -0.4 is 0 Å². The number of benzene rings is 1. The molecule has 1 aromatic rings. The number of hydrogen-bond donors (Lipinski definition) is 0. The monoisotopic (exact) mass is 417 g/mol. The lowest BCUT2D eigenvalue weighted by atomic mass is 10.1. The Kier molecular flexibility index (Phi) is 6.42. The van der Waals surface area contributed by atoms with Crippen LogP contribution >= 0.6 is 22.6 Å². The smallest absolute Gasteiger partial charge is 0.327 e. The van der Waals surface area contributed by atoms with E-state index in [4.69, 9.17) is 0 Å². The molecule has 2 nitrogen and oxygen atoms in total. The van der Waals surface area contributed by atoms with Crippen molar-refractivity contribution in [3.8, 4) is 0 Å². The van der Waals surface area contributed by atoms with Crippen LogP contribution in [-0.4, -0.2) is 29.6 Å². The Morgan fingerprint density at radius 3 is 2.29 bits per heavy atom. The lowest BCUT2D eigenvalue weighted by Gasteiger charge is -2.31.